The van der Waals surface area contributed by atoms with Crippen LogP contribution in [0.25, 0.3) is 0 Å². The van der Waals surface area contributed by atoms with Gasteiger partial charge in [0.05, 0.1) is 59.0 Å². The lowest BCUT2D eigenvalue weighted by Gasteiger charge is -2.29. The summed E-state index contributed by atoms with van der Waals surface area (Å²) in [4.78, 5) is 0. The van der Waals surface area contributed by atoms with Crippen molar-refractivity contribution in [3.8, 4) is 0 Å². The van der Waals surface area contributed by atoms with Gasteiger partial charge in [-0.3, -0.25) is 0 Å². The summed E-state index contributed by atoms with van der Waals surface area (Å²) in [6.07, 6.45) is 4.13. The highest BCUT2D eigenvalue weighted by Crippen LogP contribution is 2.23. The van der Waals surface area contributed by atoms with Crippen molar-refractivity contribution >= 4 is 0 Å². The largest absolute Gasteiger partial charge is 0.396 e. The van der Waals surface area contributed by atoms with Crippen LogP contribution in [-0.4, -0.2) is 74.3 Å². The fourth-order valence-electron chi connectivity index (χ4n) is 1.77. The Bertz CT molecular complexity index is 270. The number of aliphatic hydroxyl groups is 3. The summed E-state index contributed by atoms with van der Waals surface area (Å²) in [7, 11) is 0. The molecular formula is C16H30O6. The van der Waals surface area contributed by atoms with Gasteiger partial charge in [0.2, 0.25) is 0 Å². The quantitative estimate of drug-likeness (QED) is 0.284. The number of hydrogen-bond donors (Lipinski definition) is 3. The van der Waals surface area contributed by atoms with Gasteiger partial charge in [0.15, 0.2) is 0 Å². The third kappa shape index (κ3) is 9.30. The van der Waals surface area contributed by atoms with E-state index in [2.05, 4.69) is 13.2 Å². The molecule has 0 amide bonds. The molecule has 22 heavy (non-hydrogen) atoms. The third-order valence-corrected chi connectivity index (χ3v) is 3.36. The molecule has 0 spiro atoms. The third-order valence-electron chi connectivity index (χ3n) is 3.36. The van der Waals surface area contributed by atoms with E-state index < -0.39 is 5.41 Å². The molecule has 1 unspecified atom stereocenters. The molecule has 6 nitrogen and oxygen atoms in total. The first-order valence-electron chi connectivity index (χ1n) is 7.49. The molecule has 0 aliphatic rings. The first kappa shape index (κ1) is 21.2. The van der Waals surface area contributed by atoms with E-state index in [-0.39, 0.29) is 25.9 Å². The van der Waals surface area contributed by atoms with Gasteiger partial charge in [-0.05, 0) is 12.8 Å². The Hall–Kier alpha value is -0.760. The van der Waals surface area contributed by atoms with Gasteiger partial charge in [0.1, 0.15) is 0 Å². The SMILES string of the molecule is C=CCOCCOCC(CCC(CO)(CO)CO)OCC=C. The molecule has 0 aromatic carbocycles. The van der Waals surface area contributed by atoms with Crippen LogP contribution in [0.5, 0.6) is 0 Å². The molecule has 0 bridgehead atoms. The zero-order chi connectivity index (χ0) is 16.7. The van der Waals surface area contributed by atoms with Crippen LogP contribution in [0.15, 0.2) is 25.3 Å². The summed E-state index contributed by atoms with van der Waals surface area (Å²) in [6, 6.07) is 0. The zero-order valence-electron chi connectivity index (χ0n) is 13.3. The Morgan fingerprint density at radius 3 is 2.05 bits per heavy atom. The van der Waals surface area contributed by atoms with Crippen LogP contribution in [0.1, 0.15) is 12.8 Å². The lowest BCUT2D eigenvalue weighted by molar-refractivity contribution is -0.0457. The highest BCUT2D eigenvalue weighted by molar-refractivity contribution is 4.79. The highest BCUT2D eigenvalue weighted by Gasteiger charge is 2.29. The normalized spacial score (nSPS) is 13.0. The van der Waals surface area contributed by atoms with E-state index >= 15 is 0 Å². The van der Waals surface area contributed by atoms with E-state index in [4.69, 9.17) is 14.2 Å². The molecule has 130 valence electrons. The number of ether oxygens (including phenoxy) is 3. The van der Waals surface area contributed by atoms with Gasteiger partial charge in [0.25, 0.3) is 0 Å². The Balaban J connectivity index is 4.15. The molecule has 0 saturated heterocycles. The minimum absolute atomic E-state index is 0.193. The van der Waals surface area contributed by atoms with Crippen molar-refractivity contribution in [2.24, 2.45) is 5.41 Å². The van der Waals surface area contributed by atoms with Crippen LogP contribution in [0.3, 0.4) is 0 Å². The second kappa shape index (κ2) is 13.9. The predicted molar refractivity (Wildman–Crippen MR) is 84.7 cm³/mol. The molecular weight excluding hydrogens is 288 g/mol. The molecule has 3 N–H and O–H groups in total. The van der Waals surface area contributed by atoms with Crippen molar-refractivity contribution < 1.29 is 29.5 Å². The fourth-order valence-corrected chi connectivity index (χ4v) is 1.77. The Kier molecular flexibility index (Phi) is 13.4. The van der Waals surface area contributed by atoms with Crippen molar-refractivity contribution in [3.63, 3.8) is 0 Å². The van der Waals surface area contributed by atoms with Crippen LogP contribution < -0.4 is 0 Å². The maximum Gasteiger partial charge on any atom is 0.0813 e. The van der Waals surface area contributed by atoms with Crippen molar-refractivity contribution in [2.45, 2.75) is 18.9 Å². The lowest BCUT2D eigenvalue weighted by Crippen LogP contribution is -2.35. The number of rotatable bonds is 16. The van der Waals surface area contributed by atoms with E-state index in [1.807, 2.05) is 0 Å². The Labute approximate surface area is 133 Å². The molecule has 0 aliphatic heterocycles. The first-order valence-corrected chi connectivity index (χ1v) is 7.49. The summed E-state index contributed by atoms with van der Waals surface area (Å²) in [5, 5.41) is 28.0. The van der Waals surface area contributed by atoms with Crippen LogP contribution in [-0.2, 0) is 14.2 Å². The van der Waals surface area contributed by atoms with Gasteiger partial charge < -0.3 is 29.5 Å². The summed E-state index contributed by atoms with van der Waals surface area (Å²) in [5.74, 6) is 0. The molecule has 0 fully saturated rings. The van der Waals surface area contributed by atoms with Crippen LogP contribution >= 0.6 is 0 Å². The van der Waals surface area contributed by atoms with Crippen molar-refractivity contribution in [1.82, 2.24) is 0 Å². The van der Waals surface area contributed by atoms with Crippen molar-refractivity contribution in [3.05, 3.63) is 25.3 Å². The van der Waals surface area contributed by atoms with E-state index in [0.29, 0.717) is 45.9 Å². The van der Waals surface area contributed by atoms with Gasteiger partial charge in [-0.2, -0.15) is 0 Å². The second-order valence-electron chi connectivity index (χ2n) is 5.20. The van der Waals surface area contributed by atoms with E-state index in [0.717, 1.165) is 0 Å². The minimum atomic E-state index is -0.886. The highest BCUT2D eigenvalue weighted by atomic mass is 16.5. The fraction of sp³-hybridized carbons (Fsp3) is 0.750. The Morgan fingerprint density at radius 2 is 1.50 bits per heavy atom. The summed E-state index contributed by atoms with van der Waals surface area (Å²) >= 11 is 0. The summed E-state index contributed by atoms with van der Waals surface area (Å²) in [5.41, 5.74) is -0.886. The average molecular weight is 318 g/mol. The molecule has 0 radical (unpaired) electrons. The van der Waals surface area contributed by atoms with E-state index in [9.17, 15) is 15.3 Å². The molecule has 0 heterocycles. The van der Waals surface area contributed by atoms with Gasteiger partial charge >= 0.3 is 0 Å². The van der Waals surface area contributed by atoms with Crippen LogP contribution in [0.4, 0.5) is 0 Å². The smallest absolute Gasteiger partial charge is 0.0813 e. The molecule has 0 aliphatic carbocycles. The molecule has 0 saturated carbocycles. The number of aliphatic hydroxyl groups excluding tert-OH is 3. The molecule has 0 rings (SSSR count). The number of hydrogen-bond acceptors (Lipinski definition) is 6. The van der Waals surface area contributed by atoms with Crippen LogP contribution in [0.2, 0.25) is 0 Å². The van der Waals surface area contributed by atoms with Gasteiger partial charge in [-0.15, -0.1) is 13.2 Å². The predicted octanol–water partition coefficient (Wildman–Crippen LogP) is 0.520. The zero-order valence-corrected chi connectivity index (χ0v) is 13.3. The van der Waals surface area contributed by atoms with Gasteiger partial charge in [-0.1, -0.05) is 12.2 Å². The lowest BCUT2D eigenvalue weighted by atomic mass is 9.85. The maximum atomic E-state index is 9.33. The van der Waals surface area contributed by atoms with Gasteiger partial charge in [-0.25, -0.2) is 0 Å². The van der Waals surface area contributed by atoms with E-state index in [1.54, 1.807) is 12.2 Å². The molecule has 1 atom stereocenters. The topological polar surface area (TPSA) is 88.4 Å². The minimum Gasteiger partial charge on any atom is -0.396 e. The average Bonchev–Trinajstić information content (AvgIpc) is 2.56. The standard InChI is InChI=1S/C16H30O6/c1-3-7-20-9-10-21-11-15(22-8-4-2)5-6-16(12-17,13-18)14-19/h3-4,15,17-19H,1-2,5-14H2. The van der Waals surface area contributed by atoms with Gasteiger partial charge in [0, 0.05) is 5.41 Å². The van der Waals surface area contributed by atoms with E-state index in [1.165, 1.54) is 0 Å². The van der Waals surface area contributed by atoms with Crippen LogP contribution in [0, 0.1) is 5.41 Å². The molecule has 0 aromatic rings. The molecule has 0 aromatic heterocycles. The molecule has 6 heteroatoms. The van der Waals surface area contributed by atoms with Crippen molar-refractivity contribution in [2.75, 3.05) is 52.9 Å². The summed E-state index contributed by atoms with van der Waals surface area (Å²) in [6.45, 7) is 8.54. The first-order chi connectivity index (χ1) is 10.7. The second-order valence-corrected chi connectivity index (χ2v) is 5.20. The monoisotopic (exact) mass is 318 g/mol. The van der Waals surface area contributed by atoms with Crippen molar-refractivity contribution in [1.29, 1.82) is 0 Å². The summed E-state index contributed by atoms with van der Waals surface area (Å²) < 4.78 is 16.3. The Morgan fingerprint density at radius 1 is 0.909 bits per heavy atom. The maximum absolute atomic E-state index is 9.33.